The van der Waals surface area contributed by atoms with Gasteiger partial charge in [0.05, 0.1) is 6.10 Å². The molecule has 3 nitrogen and oxygen atoms in total. The molecule has 5 heteroatoms. The van der Waals surface area contributed by atoms with Gasteiger partial charge < -0.3 is 5.11 Å². The highest BCUT2D eigenvalue weighted by Gasteiger charge is 2.39. The highest BCUT2D eigenvalue weighted by molar-refractivity contribution is 5.35. The molecule has 1 aromatic rings. The van der Waals surface area contributed by atoms with Crippen molar-refractivity contribution in [1.82, 2.24) is 9.78 Å². The molecule has 1 heterocycles. The zero-order valence-corrected chi connectivity index (χ0v) is 9.67. The summed E-state index contributed by atoms with van der Waals surface area (Å²) < 4.78 is 28.4. The van der Waals surface area contributed by atoms with Crippen molar-refractivity contribution < 1.29 is 13.9 Å². The summed E-state index contributed by atoms with van der Waals surface area (Å²) in [7, 11) is 0. The summed E-state index contributed by atoms with van der Waals surface area (Å²) in [5.74, 6) is -2.99. The van der Waals surface area contributed by atoms with Crippen LogP contribution >= 0.6 is 0 Å². The van der Waals surface area contributed by atoms with E-state index in [4.69, 9.17) is 0 Å². The third-order valence-electron chi connectivity index (χ3n) is 2.94. The van der Waals surface area contributed by atoms with E-state index in [0.717, 1.165) is 12.6 Å². The summed E-state index contributed by atoms with van der Waals surface area (Å²) in [6.45, 7) is 4.62. The predicted molar refractivity (Wildman–Crippen MR) is 55.5 cm³/mol. The van der Waals surface area contributed by atoms with Gasteiger partial charge in [-0.15, -0.1) is 0 Å². The van der Waals surface area contributed by atoms with E-state index in [1.54, 1.807) is 4.68 Å². The van der Waals surface area contributed by atoms with E-state index in [9.17, 15) is 13.9 Å². The molecular weight excluding hydrogens is 214 g/mol. The second-order valence-corrected chi connectivity index (χ2v) is 4.69. The molecule has 1 aliphatic rings. The summed E-state index contributed by atoms with van der Waals surface area (Å²) >= 11 is 0. The first-order chi connectivity index (χ1) is 7.32. The van der Waals surface area contributed by atoms with E-state index in [2.05, 4.69) is 5.10 Å². The van der Waals surface area contributed by atoms with Gasteiger partial charge in [-0.2, -0.15) is 13.9 Å². The lowest BCUT2D eigenvalue weighted by atomic mass is 10.1. The van der Waals surface area contributed by atoms with E-state index in [1.165, 1.54) is 0 Å². The molecule has 0 radical (unpaired) electrons. The highest BCUT2D eigenvalue weighted by Crippen LogP contribution is 2.40. The van der Waals surface area contributed by atoms with Crippen LogP contribution in [0.2, 0.25) is 0 Å². The van der Waals surface area contributed by atoms with Crippen LogP contribution in [0.15, 0.2) is 0 Å². The van der Waals surface area contributed by atoms with Crippen molar-refractivity contribution in [1.29, 1.82) is 0 Å². The Balaban J connectivity index is 2.60. The SMILES string of the molecule is CC(C)n1nc(C(C)(F)F)c2c1CCC2O. The molecule has 1 unspecified atom stereocenters. The lowest BCUT2D eigenvalue weighted by Gasteiger charge is -2.11. The van der Waals surface area contributed by atoms with E-state index in [1.807, 2.05) is 13.8 Å². The minimum Gasteiger partial charge on any atom is -0.388 e. The minimum atomic E-state index is -2.99. The van der Waals surface area contributed by atoms with Crippen molar-refractivity contribution >= 4 is 0 Å². The van der Waals surface area contributed by atoms with Crippen LogP contribution < -0.4 is 0 Å². The van der Waals surface area contributed by atoms with E-state index in [-0.39, 0.29) is 11.7 Å². The number of alkyl halides is 2. The molecule has 1 aromatic heterocycles. The standard InChI is InChI=1S/C11H16F2N2O/c1-6(2)15-7-4-5-8(16)9(7)10(14-15)11(3,12)13/h6,8,16H,4-5H2,1-3H3. The van der Waals surface area contributed by atoms with Crippen LogP contribution in [-0.2, 0) is 12.3 Å². The molecule has 0 aliphatic heterocycles. The Morgan fingerprint density at radius 3 is 2.62 bits per heavy atom. The third kappa shape index (κ3) is 1.63. The van der Waals surface area contributed by atoms with Crippen LogP contribution in [0, 0.1) is 0 Å². The predicted octanol–water partition coefficient (Wildman–Crippen LogP) is 2.56. The van der Waals surface area contributed by atoms with Gasteiger partial charge in [-0.25, -0.2) is 0 Å². The quantitative estimate of drug-likeness (QED) is 0.847. The van der Waals surface area contributed by atoms with Crippen LogP contribution in [0.5, 0.6) is 0 Å². The van der Waals surface area contributed by atoms with Crippen molar-refractivity contribution in [2.24, 2.45) is 0 Å². The molecule has 16 heavy (non-hydrogen) atoms. The first-order valence-corrected chi connectivity index (χ1v) is 5.50. The Bertz CT molecular complexity index is 407. The average molecular weight is 230 g/mol. The molecule has 1 aliphatic carbocycles. The van der Waals surface area contributed by atoms with E-state index >= 15 is 0 Å². The maximum absolute atomic E-state index is 13.4. The van der Waals surface area contributed by atoms with Crippen molar-refractivity contribution in [3.8, 4) is 0 Å². The molecule has 0 saturated heterocycles. The number of fused-ring (bicyclic) bond motifs is 1. The fourth-order valence-corrected chi connectivity index (χ4v) is 2.25. The molecule has 90 valence electrons. The number of aromatic nitrogens is 2. The summed E-state index contributed by atoms with van der Waals surface area (Å²) in [5.41, 5.74) is 0.849. The number of rotatable bonds is 2. The van der Waals surface area contributed by atoms with Gasteiger partial charge in [-0.1, -0.05) is 0 Å². The van der Waals surface area contributed by atoms with Crippen LogP contribution in [-0.4, -0.2) is 14.9 Å². The van der Waals surface area contributed by atoms with Gasteiger partial charge >= 0.3 is 0 Å². The highest BCUT2D eigenvalue weighted by atomic mass is 19.3. The molecule has 2 rings (SSSR count). The molecule has 0 spiro atoms. The Labute approximate surface area is 93.1 Å². The Morgan fingerprint density at radius 1 is 1.50 bits per heavy atom. The summed E-state index contributed by atoms with van der Waals surface area (Å²) in [5, 5.41) is 13.7. The monoisotopic (exact) mass is 230 g/mol. The molecular formula is C11H16F2N2O. The van der Waals surface area contributed by atoms with Crippen molar-refractivity contribution in [3.05, 3.63) is 17.0 Å². The van der Waals surface area contributed by atoms with Gasteiger partial charge in [0.15, 0.2) is 0 Å². The number of hydrogen-bond donors (Lipinski definition) is 1. The smallest absolute Gasteiger partial charge is 0.289 e. The van der Waals surface area contributed by atoms with Crippen LogP contribution in [0.1, 0.15) is 56.3 Å². The zero-order chi connectivity index (χ0) is 12.1. The van der Waals surface area contributed by atoms with Crippen molar-refractivity contribution in [3.63, 3.8) is 0 Å². The molecule has 0 fully saturated rings. The number of nitrogens with zero attached hydrogens (tertiary/aromatic N) is 2. The fraction of sp³-hybridized carbons (Fsp3) is 0.727. The average Bonchev–Trinajstić information content (AvgIpc) is 2.65. The Kier molecular flexibility index (Phi) is 2.53. The molecule has 0 aromatic carbocycles. The summed E-state index contributed by atoms with van der Waals surface area (Å²) in [6, 6.07) is 0.0372. The van der Waals surface area contributed by atoms with Crippen LogP contribution in [0.25, 0.3) is 0 Å². The van der Waals surface area contributed by atoms with Gasteiger partial charge in [0.25, 0.3) is 5.92 Å². The second-order valence-electron chi connectivity index (χ2n) is 4.69. The van der Waals surface area contributed by atoms with Crippen molar-refractivity contribution in [2.45, 2.75) is 51.7 Å². The molecule has 1 atom stereocenters. The Morgan fingerprint density at radius 2 is 2.12 bits per heavy atom. The minimum absolute atomic E-state index is 0.0372. The molecule has 0 bridgehead atoms. The number of hydrogen-bond acceptors (Lipinski definition) is 2. The van der Waals surface area contributed by atoms with Gasteiger partial charge in [0, 0.05) is 24.2 Å². The summed E-state index contributed by atoms with van der Waals surface area (Å²) in [4.78, 5) is 0. The number of halogens is 2. The van der Waals surface area contributed by atoms with Crippen LogP contribution in [0.3, 0.4) is 0 Å². The Hall–Kier alpha value is -0.970. The van der Waals surface area contributed by atoms with Gasteiger partial charge in [0.1, 0.15) is 5.69 Å². The largest absolute Gasteiger partial charge is 0.388 e. The first-order valence-electron chi connectivity index (χ1n) is 5.50. The molecule has 0 saturated carbocycles. The van der Waals surface area contributed by atoms with Gasteiger partial charge in [-0.05, 0) is 26.7 Å². The number of aliphatic hydroxyl groups is 1. The van der Waals surface area contributed by atoms with E-state index in [0.29, 0.717) is 18.4 Å². The maximum atomic E-state index is 13.4. The zero-order valence-electron chi connectivity index (χ0n) is 9.67. The first kappa shape index (κ1) is 11.5. The van der Waals surface area contributed by atoms with Crippen molar-refractivity contribution in [2.75, 3.05) is 0 Å². The van der Waals surface area contributed by atoms with Gasteiger partial charge in [0.2, 0.25) is 0 Å². The van der Waals surface area contributed by atoms with E-state index < -0.39 is 12.0 Å². The van der Waals surface area contributed by atoms with Gasteiger partial charge in [-0.3, -0.25) is 4.68 Å². The molecule has 0 amide bonds. The summed E-state index contributed by atoms with van der Waals surface area (Å²) in [6.07, 6.45) is 0.351. The normalized spacial score (nSPS) is 20.6. The lowest BCUT2D eigenvalue weighted by molar-refractivity contribution is 0.00848. The van der Waals surface area contributed by atoms with Crippen LogP contribution in [0.4, 0.5) is 8.78 Å². The lowest BCUT2D eigenvalue weighted by Crippen LogP contribution is -2.13. The fourth-order valence-electron chi connectivity index (χ4n) is 2.25. The second kappa shape index (κ2) is 3.52. The number of aliphatic hydroxyl groups excluding tert-OH is 1. The maximum Gasteiger partial charge on any atom is 0.289 e. The third-order valence-corrected chi connectivity index (χ3v) is 2.94. The topological polar surface area (TPSA) is 38.0 Å². The molecule has 1 N–H and O–H groups in total.